The molecule has 2 heterocycles. The molecule has 0 unspecified atom stereocenters. The van der Waals surface area contributed by atoms with Gasteiger partial charge in [0.25, 0.3) is 5.56 Å². The number of carbonyl (C=O) groups excluding carboxylic acids is 1. The highest BCUT2D eigenvalue weighted by Gasteiger charge is 2.16. The number of nitrogens with one attached hydrogen (secondary N) is 1. The van der Waals surface area contributed by atoms with Crippen molar-refractivity contribution in [1.29, 1.82) is 0 Å². The first kappa shape index (κ1) is 18.8. The fraction of sp³-hybridized carbons (Fsp3) is 0.400. The Morgan fingerprint density at radius 2 is 1.81 bits per heavy atom. The van der Waals surface area contributed by atoms with Crippen LogP contribution in [0, 0.1) is 13.8 Å². The summed E-state index contributed by atoms with van der Waals surface area (Å²) < 4.78 is 3.25. The van der Waals surface area contributed by atoms with E-state index < -0.39 is 0 Å². The van der Waals surface area contributed by atoms with Crippen molar-refractivity contribution in [2.75, 3.05) is 0 Å². The molecule has 1 aromatic carbocycles. The molecular weight excluding hydrogens is 342 g/mol. The van der Waals surface area contributed by atoms with Gasteiger partial charge in [-0.15, -0.1) is 0 Å². The van der Waals surface area contributed by atoms with Gasteiger partial charge < -0.3 is 5.32 Å². The molecule has 7 heteroatoms. The third-order valence-electron chi connectivity index (χ3n) is 4.84. The van der Waals surface area contributed by atoms with Crippen LogP contribution in [0.2, 0.25) is 0 Å². The number of nitrogens with zero attached hydrogens (tertiary/aromatic N) is 4. The molecule has 2 aromatic heterocycles. The summed E-state index contributed by atoms with van der Waals surface area (Å²) in [4.78, 5) is 25.1. The normalized spacial score (nSPS) is 11.3. The van der Waals surface area contributed by atoms with Crippen molar-refractivity contribution in [3.63, 3.8) is 0 Å². The number of hydrogen-bond acceptors (Lipinski definition) is 4. The lowest BCUT2D eigenvalue weighted by Crippen LogP contribution is -2.29. The van der Waals surface area contributed by atoms with Crippen LogP contribution in [0.5, 0.6) is 0 Å². The molecule has 0 fully saturated rings. The van der Waals surface area contributed by atoms with Gasteiger partial charge in [-0.25, -0.2) is 4.68 Å². The van der Waals surface area contributed by atoms with Crippen molar-refractivity contribution in [2.45, 2.75) is 46.7 Å². The Kier molecular flexibility index (Phi) is 5.12. The SMILES string of the molecule is Cc1nn(C)c(C)c1CNC(=O)Cc1nn(C(C)C)c(=O)c2ccccc12. The highest BCUT2D eigenvalue weighted by Crippen LogP contribution is 2.16. The van der Waals surface area contributed by atoms with Crippen LogP contribution in [0.25, 0.3) is 10.8 Å². The van der Waals surface area contributed by atoms with E-state index in [2.05, 4.69) is 15.5 Å². The highest BCUT2D eigenvalue weighted by molar-refractivity contribution is 5.88. The summed E-state index contributed by atoms with van der Waals surface area (Å²) in [6.45, 7) is 8.14. The van der Waals surface area contributed by atoms with Crippen LogP contribution >= 0.6 is 0 Å². The number of amides is 1. The van der Waals surface area contributed by atoms with Crippen LogP contribution in [0.15, 0.2) is 29.1 Å². The second-order valence-corrected chi connectivity index (χ2v) is 7.06. The molecule has 0 aliphatic carbocycles. The topological polar surface area (TPSA) is 81.8 Å². The second-order valence-electron chi connectivity index (χ2n) is 7.06. The molecule has 0 spiro atoms. The Balaban J connectivity index is 1.86. The average Bonchev–Trinajstić information content (AvgIpc) is 2.87. The molecule has 0 aliphatic heterocycles. The maximum Gasteiger partial charge on any atom is 0.274 e. The Hall–Kier alpha value is -2.96. The van der Waals surface area contributed by atoms with Gasteiger partial charge in [-0.3, -0.25) is 14.3 Å². The monoisotopic (exact) mass is 367 g/mol. The first-order chi connectivity index (χ1) is 12.8. The van der Waals surface area contributed by atoms with E-state index in [0.29, 0.717) is 17.6 Å². The largest absolute Gasteiger partial charge is 0.352 e. The number of rotatable bonds is 5. The number of hydrogen-bond donors (Lipinski definition) is 1. The molecule has 1 amide bonds. The first-order valence-electron chi connectivity index (χ1n) is 9.05. The van der Waals surface area contributed by atoms with Crippen LogP contribution in [0.1, 0.15) is 42.5 Å². The van der Waals surface area contributed by atoms with Crippen LogP contribution in [-0.2, 0) is 24.8 Å². The summed E-state index contributed by atoms with van der Waals surface area (Å²) >= 11 is 0. The summed E-state index contributed by atoms with van der Waals surface area (Å²) in [7, 11) is 1.89. The Morgan fingerprint density at radius 1 is 1.15 bits per heavy atom. The van der Waals surface area contributed by atoms with Crippen LogP contribution < -0.4 is 10.9 Å². The summed E-state index contributed by atoms with van der Waals surface area (Å²) in [5.74, 6) is -0.135. The van der Waals surface area contributed by atoms with E-state index in [4.69, 9.17) is 0 Å². The summed E-state index contributed by atoms with van der Waals surface area (Å²) in [5, 5.41) is 13.1. The van der Waals surface area contributed by atoms with E-state index in [-0.39, 0.29) is 23.9 Å². The summed E-state index contributed by atoms with van der Waals surface area (Å²) in [6.07, 6.45) is 0.117. The van der Waals surface area contributed by atoms with E-state index in [0.717, 1.165) is 22.3 Å². The number of aromatic nitrogens is 4. The Labute approximate surface area is 158 Å². The fourth-order valence-electron chi connectivity index (χ4n) is 3.23. The zero-order valence-electron chi connectivity index (χ0n) is 16.4. The highest BCUT2D eigenvalue weighted by atomic mass is 16.1. The molecule has 3 aromatic rings. The maximum atomic E-state index is 12.6. The van der Waals surface area contributed by atoms with Gasteiger partial charge >= 0.3 is 0 Å². The van der Waals surface area contributed by atoms with E-state index in [9.17, 15) is 9.59 Å². The summed E-state index contributed by atoms with van der Waals surface area (Å²) in [5.41, 5.74) is 3.44. The number of fused-ring (bicyclic) bond motifs is 1. The van der Waals surface area contributed by atoms with Gasteiger partial charge in [-0.2, -0.15) is 10.2 Å². The predicted octanol–water partition coefficient (Wildman–Crippen LogP) is 2.19. The molecule has 27 heavy (non-hydrogen) atoms. The van der Waals surface area contributed by atoms with Crippen LogP contribution in [0.3, 0.4) is 0 Å². The number of carbonyl (C=O) groups is 1. The lowest BCUT2D eigenvalue weighted by Gasteiger charge is -2.13. The van der Waals surface area contributed by atoms with Gasteiger partial charge in [0.2, 0.25) is 5.91 Å². The molecule has 1 N–H and O–H groups in total. The molecule has 0 saturated carbocycles. The minimum absolute atomic E-state index is 0.0791. The van der Waals surface area contributed by atoms with Crippen molar-refractivity contribution >= 4 is 16.7 Å². The van der Waals surface area contributed by atoms with Crippen molar-refractivity contribution in [1.82, 2.24) is 24.9 Å². The third-order valence-corrected chi connectivity index (χ3v) is 4.84. The van der Waals surface area contributed by atoms with Crippen LogP contribution in [0.4, 0.5) is 0 Å². The van der Waals surface area contributed by atoms with Crippen molar-refractivity contribution in [2.24, 2.45) is 7.05 Å². The molecule has 0 radical (unpaired) electrons. The minimum Gasteiger partial charge on any atom is -0.352 e. The average molecular weight is 367 g/mol. The van der Waals surface area contributed by atoms with E-state index in [1.807, 2.05) is 57.6 Å². The van der Waals surface area contributed by atoms with Gasteiger partial charge in [-0.05, 0) is 33.8 Å². The lowest BCUT2D eigenvalue weighted by atomic mass is 10.1. The zero-order valence-corrected chi connectivity index (χ0v) is 16.4. The van der Waals surface area contributed by atoms with Crippen molar-refractivity contribution in [3.8, 4) is 0 Å². The molecular formula is C20H25N5O2. The van der Waals surface area contributed by atoms with Gasteiger partial charge in [0.15, 0.2) is 0 Å². The molecule has 142 valence electrons. The molecule has 0 bridgehead atoms. The number of aryl methyl sites for hydroxylation is 2. The van der Waals surface area contributed by atoms with Gasteiger partial charge in [0.05, 0.1) is 29.2 Å². The fourth-order valence-corrected chi connectivity index (χ4v) is 3.23. The second kappa shape index (κ2) is 7.34. The third kappa shape index (κ3) is 3.63. The van der Waals surface area contributed by atoms with E-state index in [1.54, 1.807) is 6.07 Å². The molecule has 0 saturated heterocycles. The lowest BCUT2D eigenvalue weighted by molar-refractivity contribution is -0.120. The quantitative estimate of drug-likeness (QED) is 0.749. The Morgan fingerprint density at radius 3 is 2.41 bits per heavy atom. The molecule has 7 nitrogen and oxygen atoms in total. The number of benzene rings is 1. The first-order valence-corrected chi connectivity index (χ1v) is 9.05. The smallest absolute Gasteiger partial charge is 0.274 e. The molecule has 0 atom stereocenters. The minimum atomic E-state index is -0.135. The van der Waals surface area contributed by atoms with E-state index in [1.165, 1.54) is 4.68 Å². The molecule has 3 rings (SSSR count). The Bertz CT molecular complexity index is 1060. The predicted molar refractivity (Wildman–Crippen MR) is 105 cm³/mol. The van der Waals surface area contributed by atoms with Crippen molar-refractivity contribution in [3.05, 3.63) is 57.3 Å². The standard InChI is InChI=1S/C20H25N5O2/c1-12(2)25-20(27)16-9-7-6-8-15(16)18(23-25)10-19(26)21-11-17-13(3)22-24(5)14(17)4/h6-9,12H,10-11H2,1-5H3,(H,21,26). The van der Waals surface area contributed by atoms with Gasteiger partial charge in [-0.1, -0.05) is 18.2 Å². The van der Waals surface area contributed by atoms with Gasteiger partial charge in [0.1, 0.15) is 0 Å². The summed E-state index contributed by atoms with van der Waals surface area (Å²) in [6, 6.07) is 7.22. The van der Waals surface area contributed by atoms with E-state index >= 15 is 0 Å². The maximum absolute atomic E-state index is 12.6. The van der Waals surface area contributed by atoms with Gasteiger partial charge in [0, 0.05) is 30.2 Å². The zero-order chi connectivity index (χ0) is 19.7. The van der Waals surface area contributed by atoms with Crippen LogP contribution in [-0.4, -0.2) is 25.5 Å². The molecule has 0 aliphatic rings. The van der Waals surface area contributed by atoms with Crippen molar-refractivity contribution < 1.29 is 4.79 Å².